The van der Waals surface area contributed by atoms with Gasteiger partial charge in [0.05, 0.1) is 5.52 Å². The minimum atomic E-state index is 0.259. The number of fused-ring (bicyclic) bond motifs is 1. The first-order valence-electron chi connectivity index (χ1n) is 6.00. The molecule has 0 N–H and O–H groups in total. The van der Waals surface area contributed by atoms with Crippen LogP contribution in [0.15, 0.2) is 30.5 Å². The molecule has 0 amide bonds. The summed E-state index contributed by atoms with van der Waals surface area (Å²) in [6.45, 7) is 3.74. The summed E-state index contributed by atoms with van der Waals surface area (Å²) in [6.07, 6.45) is 4.31. The Kier molecular flexibility index (Phi) is 3.52. The van der Waals surface area contributed by atoms with Crippen LogP contribution in [0.5, 0.6) is 0 Å². The van der Waals surface area contributed by atoms with E-state index in [9.17, 15) is 4.79 Å². The first kappa shape index (κ1) is 11.8. The molecule has 1 aromatic heterocycles. The van der Waals surface area contributed by atoms with Gasteiger partial charge in [-0.05, 0) is 44.4 Å². The molecule has 0 unspecified atom stereocenters. The van der Waals surface area contributed by atoms with Crippen molar-refractivity contribution in [1.29, 1.82) is 0 Å². The Bertz CT molecular complexity index is 546. The van der Waals surface area contributed by atoms with Crippen LogP contribution in [-0.4, -0.2) is 10.8 Å². The monoisotopic (exact) mass is 227 g/mol. The molecule has 2 nitrogen and oxygen atoms in total. The smallest absolute Gasteiger partial charge is 0.129 e. The van der Waals surface area contributed by atoms with Crippen LogP contribution in [0.3, 0.4) is 0 Å². The zero-order valence-electron chi connectivity index (χ0n) is 10.4. The van der Waals surface area contributed by atoms with Gasteiger partial charge in [-0.2, -0.15) is 0 Å². The van der Waals surface area contributed by atoms with Gasteiger partial charge in [0.25, 0.3) is 0 Å². The van der Waals surface area contributed by atoms with Crippen molar-refractivity contribution in [2.24, 2.45) is 0 Å². The van der Waals surface area contributed by atoms with Crippen LogP contribution < -0.4 is 0 Å². The highest BCUT2D eigenvalue weighted by Gasteiger charge is 2.04. The average Bonchev–Trinajstić information content (AvgIpc) is 2.28. The van der Waals surface area contributed by atoms with E-state index in [4.69, 9.17) is 0 Å². The zero-order chi connectivity index (χ0) is 12.3. The fourth-order valence-electron chi connectivity index (χ4n) is 2.15. The summed E-state index contributed by atoms with van der Waals surface area (Å²) in [6, 6.07) is 8.37. The lowest BCUT2D eigenvalue weighted by Gasteiger charge is -2.07. The van der Waals surface area contributed by atoms with Gasteiger partial charge >= 0.3 is 0 Å². The molecule has 17 heavy (non-hydrogen) atoms. The number of hydrogen-bond donors (Lipinski definition) is 0. The summed E-state index contributed by atoms with van der Waals surface area (Å²) in [7, 11) is 0. The van der Waals surface area contributed by atoms with Crippen LogP contribution in [0.4, 0.5) is 0 Å². The Labute approximate surface area is 102 Å². The van der Waals surface area contributed by atoms with Crippen molar-refractivity contribution in [3.8, 4) is 0 Å². The van der Waals surface area contributed by atoms with E-state index in [0.29, 0.717) is 6.42 Å². The molecular formula is C15H17NO. The van der Waals surface area contributed by atoms with Crippen molar-refractivity contribution >= 4 is 16.7 Å². The third-order valence-corrected chi connectivity index (χ3v) is 2.90. The first-order chi connectivity index (χ1) is 8.16. The number of carbonyl (C=O) groups is 1. The number of benzene rings is 1. The number of rotatable bonds is 4. The third kappa shape index (κ3) is 2.90. The molecule has 1 heterocycles. The predicted octanol–water partition coefficient (Wildman–Crippen LogP) is 3.45. The van der Waals surface area contributed by atoms with E-state index in [1.165, 1.54) is 16.5 Å². The van der Waals surface area contributed by atoms with Crippen LogP contribution in [0.25, 0.3) is 10.9 Å². The molecule has 0 aliphatic carbocycles. The lowest BCUT2D eigenvalue weighted by Crippen LogP contribution is -1.95. The minimum Gasteiger partial charge on any atom is -0.300 e. The highest BCUT2D eigenvalue weighted by atomic mass is 16.1. The van der Waals surface area contributed by atoms with Crippen molar-refractivity contribution in [3.63, 3.8) is 0 Å². The van der Waals surface area contributed by atoms with Gasteiger partial charge in [0.1, 0.15) is 5.78 Å². The Morgan fingerprint density at radius 3 is 2.94 bits per heavy atom. The number of pyridine rings is 1. The SMILES string of the molecule is CC(=O)CCCc1cc(C)cc2cccnc12. The molecule has 0 bridgehead atoms. The maximum absolute atomic E-state index is 10.9. The molecule has 88 valence electrons. The van der Waals surface area contributed by atoms with Crippen LogP contribution in [0.2, 0.25) is 0 Å². The zero-order valence-corrected chi connectivity index (χ0v) is 10.4. The van der Waals surface area contributed by atoms with Crippen LogP contribution in [0.1, 0.15) is 30.9 Å². The average molecular weight is 227 g/mol. The van der Waals surface area contributed by atoms with Gasteiger partial charge in [-0.1, -0.05) is 17.7 Å². The second kappa shape index (κ2) is 5.09. The number of ketones is 1. The third-order valence-electron chi connectivity index (χ3n) is 2.90. The Balaban J connectivity index is 2.29. The van der Waals surface area contributed by atoms with Crippen molar-refractivity contribution in [2.45, 2.75) is 33.1 Å². The molecule has 0 saturated carbocycles. The molecule has 0 aliphatic heterocycles. The highest BCUT2D eigenvalue weighted by molar-refractivity contribution is 5.82. The molecule has 0 fully saturated rings. The van der Waals surface area contributed by atoms with Gasteiger partial charge in [0.2, 0.25) is 0 Å². The van der Waals surface area contributed by atoms with Gasteiger partial charge < -0.3 is 4.79 Å². The van der Waals surface area contributed by atoms with Gasteiger partial charge in [-0.15, -0.1) is 0 Å². The maximum atomic E-state index is 10.9. The number of aryl methyl sites for hydroxylation is 2. The van der Waals surface area contributed by atoms with E-state index in [-0.39, 0.29) is 5.78 Å². The summed E-state index contributed by atoms with van der Waals surface area (Å²) >= 11 is 0. The van der Waals surface area contributed by atoms with E-state index < -0.39 is 0 Å². The molecule has 2 heteroatoms. The summed E-state index contributed by atoms with van der Waals surface area (Å²) < 4.78 is 0. The number of hydrogen-bond acceptors (Lipinski definition) is 2. The number of nitrogens with zero attached hydrogens (tertiary/aromatic N) is 1. The fraction of sp³-hybridized carbons (Fsp3) is 0.333. The van der Waals surface area contributed by atoms with E-state index in [0.717, 1.165) is 18.4 Å². The van der Waals surface area contributed by atoms with E-state index in [2.05, 4.69) is 30.1 Å². The maximum Gasteiger partial charge on any atom is 0.129 e. The van der Waals surface area contributed by atoms with E-state index in [1.54, 1.807) is 6.92 Å². The van der Waals surface area contributed by atoms with Crippen LogP contribution in [0, 0.1) is 6.92 Å². The van der Waals surface area contributed by atoms with Crippen molar-refractivity contribution in [3.05, 3.63) is 41.6 Å². The summed E-state index contributed by atoms with van der Waals surface area (Å²) in [5, 5.41) is 1.19. The molecule has 2 aromatic rings. The quantitative estimate of drug-likeness (QED) is 0.800. The second-order valence-corrected chi connectivity index (χ2v) is 4.55. The molecule has 0 atom stereocenters. The topological polar surface area (TPSA) is 30.0 Å². The Morgan fingerprint density at radius 1 is 1.35 bits per heavy atom. The number of carbonyl (C=O) groups excluding carboxylic acids is 1. The molecule has 1 aromatic carbocycles. The minimum absolute atomic E-state index is 0.259. The van der Waals surface area contributed by atoms with Crippen LogP contribution in [-0.2, 0) is 11.2 Å². The Morgan fingerprint density at radius 2 is 2.18 bits per heavy atom. The van der Waals surface area contributed by atoms with Crippen molar-refractivity contribution in [1.82, 2.24) is 4.98 Å². The normalized spacial score (nSPS) is 10.7. The number of aromatic nitrogens is 1. The first-order valence-corrected chi connectivity index (χ1v) is 6.00. The standard InChI is InChI=1S/C15H17NO/c1-11-9-13(6-3-5-12(2)17)15-14(10-11)7-4-8-16-15/h4,7-10H,3,5-6H2,1-2H3. The van der Waals surface area contributed by atoms with Gasteiger partial charge in [0.15, 0.2) is 0 Å². The van der Waals surface area contributed by atoms with E-state index in [1.807, 2.05) is 12.3 Å². The Hall–Kier alpha value is -1.70. The molecule has 0 aliphatic rings. The van der Waals surface area contributed by atoms with Gasteiger partial charge in [-0.25, -0.2) is 0 Å². The summed E-state index contributed by atoms with van der Waals surface area (Å²) in [5.41, 5.74) is 3.58. The summed E-state index contributed by atoms with van der Waals surface area (Å²) in [5.74, 6) is 0.259. The van der Waals surface area contributed by atoms with Gasteiger partial charge in [0, 0.05) is 18.0 Å². The van der Waals surface area contributed by atoms with Crippen LogP contribution >= 0.6 is 0 Å². The lowest BCUT2D eigenvalue weighted by atomic mass is 10.0. The second-order valence-electron chi connectivity index (χ2n) is 4.55. The molecule has 0 saturated heterocycles. The van der Waals surface area contributed by atoms with E-state index >= 15 is 0 Å². The van der Waals surface area contributed by atoms with Gasteiger partial charge in [-0.3, -0.25) is 4.98 Å². The molecular weight excluding hydrogens is 210 g/mol. The summed E-state index contributed by atoms with van der Waals surface area (Å²) in [4.78, 5) is 15.4. The molecule has 0 spiro atoms. The van der Waals surface area contributed by atoms with Crippen molar-refractivity contribution in [2.75, 3.05) is 0 Å². The lowest BCUT2D eigenvalue weighted by molar-refractivity contribution is -0.117. The molecule has 0 radical (unpaired) electrons. The largest absolute Gasteiger partial charge is 0.300 e. The molecule has 2 rings (SSSR count). The predicted molar refractivity (Wildman–Crippen MR) is 70.1 cm³/mol. The highest BCUT2D eigenvalue weighted by Crippen LogP contribution is 2.20. The number of Topliss-reactive ketones (excluding diaryl/α,β-unsaturated/α-hetero) is 1. The fourth-order valence-corrected chi connectivity index (χ4v) is 2.15. The van der Waals surface area contributed by atoms with Crippen molar-refractivity contribution < 1.29 is 4.79 Å².